The van der Waals surface area contributed by atoms with Gasteiger partial charge >= 0.3 is 0 Å². The molecule has 28 heavy (non-hydrogen) atoms. The van der Waals surface area contributed by atoms with Gasteiger partial charge < -0.3 is 10.2 Å². The predicted molar refractivity (Wildman–Crippen MR) is 112 cm³/mol. The zero-order valence-corrected chi connectivity index (χ0v) is 17.4. The first kappa shape index (κ1) is 20.4. The maximum absolute atomic E-state index is 12.5. The first-order valence-corrected chi connectivity index (χ1v) is 11.1. The monoisotopic (exact) mass is 401 g/mol. The molecule has 0 spiro atoms. The summed E-state index contributed by atoms with van der Waals surface area (Å²) in [5, 5.41) is 2.87. The first-order chi connectivity index (χ1) is 13.4. The summed E-state index contributed by atoms with van der Waals surface area (Å²) in [5.74, 6) is -0.122. The minimum atomic E-state index is -3.49. The summed E-state index contributed by atoms with van der Waals surface area (Å²) in [4.78, 5) is 14.9. The Balaban J connectivity index is 1.67. The Morgan fingerprint density at radius 2 is 1.75 bits per heavy atom. The number of amides is 1. The Kier molecular flexibility index (Phi) is 6.05. The van der Waals surface area contributed by atoms with Crippen molar-refractivity contribution in [1.29, 1.82) is 0 Å². The molecule has 0 aromatic heterocycles. The van der Waals surface area contributed by atoms with Crippen LogP contribution in [0.1, 0.15) is 26.3 Å². The van der Waals surface area contributed by atoms with E-state index in [1.54, 1.807) is 12.1 Å². The molecule has 1 aliphatic rings. The highest BCUT2D eigenvalue weighted by atomic mass is 32.2. The van der Waals surface area contributed by atoms with Crippen LogP contribution in [0.15, 0.2) is 53.4 Å². The van der Waals surface area contributed by atoms with Crippen molar-refractivity contribution in [3.8, 4) is 0 Å². The first-order valence-electron chi connectivity index (χ1n) is 9.61. The molecule has 0 fully saturated rings. The van der Waals surface area contributed by atoms with Gasteiger partial charge in [0.25, 0.3) is 0 Å². The zero-order valence-electron chi connectivity index (χ0n) is 16.6. The Labute approximate surface area is 167 Å². The topological polar surface area (TPSA) is 69.7 Å². The molecule has 1 N–H and O–H groups in total. The summed E-state index contributed by atoms with van der Waals surface area (Å²) < 4.78 is 26.5. The van der Waals surface area contributed by atoms with Gasteiger partial charge in [-0.15, -0.1) is 0 Å². The molecule has 150 valence electrons. The van der Waals surface area contributed by atoms with Crippen molar-refractivity contribution >= 4 is 27.3 Å². The number of hydrogen-bond acceptors (Lipinski definition) is 4. The van der Waals surface area contributed by atoms with Gasteiger partial charge in [0.2, 0.25) is 15.9 Å². The van der Waals surface area contributed by atoms with Crippen LogP contribution < -0.4 is 10.2 Å². The quantitative estimate of drug-likeness (QED) is 0.774. The third-order valence-corrected chi connectivity index (χ3v) is 7.21. The summed E-state index contributed by atoms with van der Waals surface area (Å²) in [6, 6.07) is 14.8. The fourth-order valence-corrected chi connectivity index (χ4v) is 5.11. The number of carbonyl (C=O) groups excluding carboxylic acids is 1. The van der Waals surface area contributed by atoms with Crippen molar-refractivity contribution in [3.05, 3.63) is 54.1 Å². The number of nitrogens with one attached hydrogen (secondary N) is 1. The Hall–Kier alpha value is -2.38. The lowest BCUT2D eigenvalue weighted by atomic mass is 10.1. The molecule has 1 aliphatic heterocycles. The Bertz CT molecular complexity index is 938. The van der Waals surface area contributed by atoms with Crippen LogP contribution in [0.3, 0.4) is 0 Å². The molecule has 6 nitrogen and oxygen atoms in total. The number of carbonyl (C=O) groups is 1. The minimum absolute atomic E-state index is 0.122. The maximum Gasteiger partial charge on any atom is 0.243 e. The number of rotatable bonds is 7. The summed E-state index contributed by atoms with van der Waals surface area (Å²) in [6.45, 7) is 6.84. The van der Waals surface area contributed by atoms with Crippen molar-refractivity contribution in [3.63, 3.8) is 0 Å². The van der Waals surface area contributed by atoms with Crippen LogP contribution in [0, 0.1) is 0 Å². The van der Waals surface area contributed by atoms with Crippen molar-refractivity contribution in [2.45, 2.75) is 38.1 Å². The van der Waals surface area contributed by atoms with Crippen LogP contribution in [0.25, 0.3) is 0 Å². The summed E-state index contributed by atoms with van der Waals surface area (Å²) in [6.07, 6.45) is 0.932. The molecule has 0 unspecified atom stereocenters. The maximum atomic E-state index is 12.5. The third kappa shape index (κ3) is 4.05. The molecule has 2 aromatic rings. The zero-order chi connectivity index (χ0) is 20.3. The van der Waals surface area contributed by atoms with E-state index in [1.165, 1.54) is 22.0 Å². The van der Waals surface area contributed by atoms with Crippen LogP contribution in [-0.4, -0.2) is 44.3 Å². The molecule has 1 atom stereocenters. The van der Waals surface area contributed by atoms with Gasteiger partial charge in [-0.3, -0.25) is 4.79 Å². The highest BCUT2D eigenvalue weighted by Gasteiger charge is 2.27. The van der Waals surface area contributed by atoms with E-state index in [1.807, 2.05) is 32.0 Å². The molecule has 0 aliphatic carbocycles. The van der Waals surface area contributed by atoms with Crippen LogP contribution in [0.4, 0.5) is 11.4 Å². The smallest absolute Gasteiger partial charge is 0.243 e. The normalized spacial score (nSPS) is 16.3. The van der Waals surface area contributed by atoms with Gasteiger partial charge in [0, 0.05) is 30.5 Å². The second kappa shape index (κ2) is 8.32. The van der Waals surface area contributed by atoms with Gasteiger partial charge in [-0.05, 0) is 49.2 Å². The predicted octanol–water partition coefficient (Wildman–Crippen LogP) is 3.11. The SMILES string of the molecule is CCN(CC)S(=O)(=O)c1ccc(NC(=O)CN2c3ccccc3C[C@@H]2C)cc1. The van der Waals surface area contributed by atoms with E-state index in [2.05, 4.69) is 23.2 Å². The van der Waals surface area contributed by atoms with Gasteiger partial charge in [0.1, 0.15) is 0 Å². The number of para-hydroxylation sites is 1. The highest BCUT2D eigenvalue weighted by Crippen LogP contribution is 2.31. The fourth-order valence-electron chi connectivity index (χ4n) is 3.65. The number of hydrogen-bond donors (Lipinski definition) is 1. The second-order valence-electron chi connectivity index (χ2n) is 6.97. The van der Waals surface area contributed by atoms with Gasteiger partial charge in [0.05, 0.1) is 11.4 Å². The molecular formula is C21H27N3O3S. The van der Waals surface area contributed by atoms with Crippen molar-refractivity contribution < 1.29 is 13.2 Å². The van der Waals surface area contributed by atoms with Gasteiger partial charge in [-0.1, -0.05) is 32.0 Å². The number of nitrogens with zero attached hydrogens (tertiary/aromatic N) is 2. The molecule has 0 saturated heterocycles. The third-order valence-electron chi connectivity index (χ3n) is 5.14. The van der Waals surface area contributed by atoms with Crippen LogP contribution in [0.5, 0.6) is 0 Å². The fraction of sp³-hybridized carbons (Fsp3) is 0.381. The van der Waals surface area contributed by atoms with E-state index in [-0.39, 0.29) is 23.4 Å². The van der Waals surface area contributed by atoms with Gasteiger partial charge in [-0.25, -0.2) is 8.42 Å². The van der Waals surface area contributed by atoms with Crippen molar-refractivity contribution in [2.75, 3.05) is 29.9 Å². The Morgan fingerprint density at radius 3 is 2.39 bits per heavy atom. The molecule has 1 amide bonds. The molecule has 2 aromatic carbocycles. The number of sulfonamides is 1. The van der Waals surface area contributed by atoms with Gasteiger partial charge in [0.15, 0.2) is 0 Å². The minimum Gasteiger partial charge on any atom is -0.359 e. The van der Waals surface area contributed by atoms with Crippen molar-refractivity contribution in [1.82, 2.24) is 4.31 Å². The largest absolute Gasteiger partial charge is 0.359 e. The van der Waals surface area contributed by atoms with Gasteiger partial charge in [-0.2, -0.15) is 4.31 Å². The lowest BCUT2D eigenvalue weighted by Crippen LogP contribution is -2.37. The Morgan fingerprint density at radius 1 is 1.11 bits per heavy atom. The van der Waals surface area contributed by atoms with Crippen LogP contribution in [-0.2, 0) is 21.2 Å². The van der Waals surface area contributed by atoms with E-state index >= 15 is 0 Å². The highest BCUT2D eigenvalue weighted by molar-refractivity contribution is 7.89. The second-order valence-corrected chi connectivity index (χ2v) is 8.91. The lowest BCUT2D eigenvalue weighted by molar-refractivity contribution is -0.115. The number of benzene rings is 2. The van der Waals surface area contributed by atoms with E-state index in [9.17, 15) is 13.2 Å². The molecule has 0 bridgehead atoms. The summed E-state index contributed by atoms with van der Waals surface area (Å²) in [7, 11) is -3.49. The summed E-state index contributed by atoms with van der Waals surface area (Å²) in [5.41, 5.74) is 2.95. The van der Waals surface area contributed by atoms with E-state index in [4.69, 9.17) is 0 Å². The van der Waals surface area contributed by atoms with E-state index in [0.29, 0.717) is 18.8 Å². The molecule has 3 rings (SSSR count). The number of anilines is 2. The molecule has 1 heterocycles. The average molecular weight is 402 g/mol. The summed E-state index contributed by atoms with van der Waals surface area (Å²) >= 11 is 0. The van der Waals surface area contributed by atoms with E-state index < -0.39 is 10.0 Å². The molecule has 0 saturated carbocycles. The van der Waals surface area contributed by atoms with Crippen molar-refractivity contribution in [2.24, 2.45) is 0 Å². The standard InChI is InChI=1S/C21H27N3O3S/c1-4-23(5-2)28(26,27)19-12-10-18(11-13-19)22-21(25)15-24-16(3)14-17-8-6-7-9-20(17)24/h6-13,16H,4-5,14-15H2,1-3H3,(H,22,25)/t16-/m0/s1. The lowest BCUT2D eigenvalue weighted by Gasteiger charge is -2.24. The number of fused-ring (bicyclic) bond motifs is 1. The van der Waals surface area contributed by atoms with Crippen LogP contribution in [0.2, 0.25) is 0 Å². The van der Waals surface area contributed by atoms with E-state index in [0.717, 1.165) is 12.1 Å². The molecule has 0 radical (unpaired) electrons. The molecular weight excluding hydrogens is 374 g/mol. The molecule has 7 heteroatoms. The average Bonchev–Trinajstić information content (AvgIpc) is 2.98. The van der Waals surface area contributed by atoms with Crippen LogP contribution >= 0.6 is 0 Å².